The molecular weight excluding hydrogens is 270 g/mol. The summed E-state index contributed by atoms with van der Waals surface area (Å²) in [6.45, 7) is 0.0982. The van der Waals surface area contributed by atoms with Crippen LogP contribution in [0.25, 0.3) is 0 Å². The summed E-state index contributed by atoms with van der Waals surface area (Å²) in [5.74, 6) is 3.03. The summed E-state index contributed by atoms with van der Waals surface area (Å²) in [7, 11) is 0. The zero-order valence-corrected chi connectivity index (χ0v) is 12.0. The number of thioether (sulfide) groups is 1. The van der Waals surface area contributed by atoms with Gasteiger partial charge in [-0.05, 0) is 31.3 Å². The van der Waals surface area contributed by atoms with Crippen LogP contribution >= 0.6 is 23.4 Å². The first-order chi connectivity index (χ1) is 8.72. The van der Waals surface area contributed by atoms with E-state index in [1.54, 1.807) is 17.8 Å². The van der Waals surface area contributed by atoms with Crippen LogP contribution in [-0.4, -0.2) is 39.7 Å². The first-order valence-electron chi connectivity index (χ1n) is 6.13. The van der Waals surface area contributed by atoms with Gasteiger partial charge in [0.2, 0.25) is 0 Å². The molecule has 0 aliphatic heterocycles. The Labute approximate surface area is 117 Å². The van der Waals surface area contributed by atoms with Gasteiger partial charge in [0.1, 0.15) is 16.8 Å². The fourth-order valence-electron chi connectivity index (χ4n) is 1.71. The van der Waals surface area contributed by atoms with Gasteiger partial charge in [0.15, 0.2) is 0 Å². The van der Waals surface area contributed by atoms with Crippen LogP contribution in [0.4, 0.5) is 5.82 Å². The number of aliphatic hydroxyl groups excluding tert-OH is 1. The number of hydrogen-bond donors (Lipinski definition) is 2. The van der Waals surface area contributed by atoms with E-state index in [4.69, 9.17) is 11.6 Å². The summed E-state index contributed by atoms with van der Waals surface area (Å²) in [4.78, 5) is 8.71. The lowest BCUT2D eigenvalue weighted by Gasteiger charge is -2.16. The SMILES string of the molecule is CSCCC(CO)Nc1cc(Cl)nc(C2CC2)n1. The quantitative estimate of drug-likeness (QED) is 0.755. The fourth-order valence-corrected chi connectivity index (χ4v) is 2.42. The summed E-state index contributed by atoms with van der Waals surface area (Å²) < 4.78 is 0. The molecule has 1 heterocycles. The van der Waals surface area contributed by atoms with Gasteiger partial charge in [0.05, 0.1) is 12.6 Å². The molecule has 1 saturated carbocycles. The molecule has 1 aromatic heterocycles. The maximum absolute atomic E-state index is 9.33. The molecule has 1 aliphatic carbocycles. The molecule has 1 aromatic rings. The van der Waals surface area contributed by atoms with E-state index in [9.17, 15) is 5.11 Å². The van der Waals surface area contributed by atoms with Crippen LogP contribution in [0.2, 0.25) is 5.15 Å². The monoisotopic (exact) mass is 287 g/mol. The lowest BCUT2D eigenvalue weighted by Crippen LogP contribution is -2.25. The highest BCUT2D eigenvalue weighted by Gasteiger charge is 2.27. The van der Waals surface area contributed by atoms with Gasteiger partial charge in [-0.15, -0.1) is 0 Å². The van der Waals surface area contributed by atoms with Crippen LogP contribution in [0.3, 0.4) is 0 Å². The lowest BCUT2D eigenvalue weighted by atomic mass is 10.2. The Morgan fingerprint density at radius 1 is 1.56 bits per heavy atom. The van der Waals surface area contributed by atoms with Gasteiger partial charge in [-0.3, -0.25) is 0 Å². The van der Waals surface area contributed by atoms with E-state index in [0.717, 1.165) is 36.7 Å². The zero-order chi connectivity index (χ0) is 13.0. The van der Waals surface area contributed by atoms with Crippen molar-refractivity contribution in [2.45, 2.75) is 31.2 Å². The third-order valence-corrected chi connectivity index (χ3v) is 3.74. The lowest BCUT2D eigenvalue weighted by molar-refractivity contribution is 0.272. The minimum atomic E-state index is 0.0236. The van der Waals surface area contributed by atoms with Crippen LogP contribution in [0, 0.1) is 0 Å². The van der Waals surface area contributed by atoms with Gasteiger partial charge in [0, 0.05) is 12.0 Å². The molecule has 6 heteroatoms. The molecular formula is C12H18ClN3OS. The van der Waals surface area contributed by atoms with Crippen molar-refractivity contribution in [3.8, 4) is 0 Å². The van der Waals surface area contributed by atoms with E-state index < -0.39 is 0 Å². The van der Waals surface area contributed by atoms with Gasteiger partial charge in [-0.2, -0.15) is 11.8 Å². The molecule has 0 bridgehead atoms. The second-order valence-electron chi connectivity index (χ2n) is 4.51. The maximum Gasteiger partial charge on any atom is 0.135 e. The average Bonchev–Trinajstić information content (AvgIpc) is 3.18. The van der Waals surface area contributed by atoms with Gasteiger partial charge in [-0.1, -0.05) is 11.6 Å². The second-order valence-corrected chi connectivity index (χ2v) is 5.89. The predicted octanol–water partition coefficient (Wildman–Crippen LogP) is 2.53. The Kier molecular flexibility index (Phi) is 5.09. The van der Waals surface area contributed by atoms with E-state index in [0.29, 0.717) is 11.1 Å². The topological polar surface area (TPSA) is 58.0 Å². The normalized spacial score (nSPS) is 16.6. The molecule has 1 atom stereocenters. The molecule has 0 amide bonds. The number of halogens is 1. The highest BCUT2D eigenvalue weighted by atomic mass is 35.5. The Hall–Kier alpha value is -0.520. The summed E-state index contributed by atoms with van der Waals surface area (Å²) in [5, 5.41) is 13.0. The number of aliphatic hydroxyl groups is 1. The minimum Gasteiger partial charge on any atom is -0.394 e. The predicted molar refractivity (Wildman–Crippen MR) is 76.5 cm³/mol. The molecule has 0 radical (unpaired) electrons. The van der Waals surface area contributed by atoms with E-state index in [2.05, 4.69) is 21.5 Å². The van der Waals surface area contributed by atoms with Gasteiger partial charge >= 0.3 is 0 Å². The van der Waals surface area contributed by atoms with Crippen LogP contribution < -0.4 is 5.32 Å². The fraction of sp³-hybridized carbons (Fsp3) is 0.667. The van der Waals surface area contributed by atoms with Crippen LogP contribution in [-0.2, 0) is 0 Å². The number of nitrogens with one attached hydrogen (secondary N) is 1. The van der Waals surface area contributed by atoms with Crippen molar-refractivity contribution in [1.82, 2.24) is 9.97 Å². The summed E-state index contributed by atoms with van der Waals surface area (Å²) in [6.07, 6.45) is 5.25. The summed E-state index contributed by atoms with van der Waals surface area (Å²) >= 11 is 7.76. The molecule has 0 spiro atoms. The Balaban J connectivity index is 2.02. The van der Waals surface area contributed by atoms with Gasteiger partial charge in [0.25, 0.3) is 0 Å². The van der Waals surface area contributed by atoms with Crippen molar-refractivity contribution in [1.29, 1.82) is 0 Å². The largest absolute Gasteiger partial charge is 0.394 e. The average molecular weight is 288 g/mol. The van der Waals surface area contributed by atoms with Crippen molar-refractivity contribution in [2.75, 3.05) is 23.9 Å². The first-order valence-corrected chi connectivity index (χ1v) is 7.91. The number of rotatable bonds is 7. The molecule has 0 aromatic carbocycles. The number of aromatic nitrogens is 2. The van der Waals surface area contributed by atoms with Gasteiger partial charge < -0.3 is 10.4 Å². The van der Waals surface area contributed by atoms with E-state index in [1.165, 1.54) is 0 Å². The maximum atomic E-state index is 9.33. The van der Waals surface area contributed by atoms with E-state index >= 15 is 0 Å². The number of hydrogen-bond acceptors (Lipinski definition) is 5. The van der Waals surface area contributed by atoms with Crippen molar-refractivity contribution in [3.63, 3.8) is 0 Å². The molecule has 2 rings (SSSR count). The van der Waals surface area contributed by atoms with E-state index in [1.807, 2.05) is 0 Å². The molecule has 2 N–H and O–H groups in total. The molecule has 100 valence electrons. The van der Waals surface area contributed by atoms with Crippen LogP contribution in [0.15, 0.2) is 6.07 Å². The third kappa shape index (κ3) is 4.00. The van der Waals surface area contributed by atoms with Crippen molar-refractivity contribution in [2.24, 2.45) is 0 Å². The van der Waals surface area contributed by atoms with Crippen molar-refractivity contribution < 1.29 is 5.11 Å². The highest BCUT2D eigenvalue weighted by Crippen LogP contribution is 2.38. The zero-order valence-electron chi connectivity index (χ0n) is 10.4. The molecule has 18 heavy (non-hydrogen) atoms. The van der Waals surface area contributed by atoms with Gasteiger partial charge in [-0.25, -0.2) is 9.97 Å². The highest BCUT2D eigenvalue weighted by molar-refractivity contribution is 7.98. The van der Waals surface area contributed by atoms with E-state index in [-0.39, 0.29) is 12.6 Å². The number of nitrogens with zero attached hydrogens (tertiary/aromatic N) is 2. The van der Waals surface area contributed by atoms with Crippen LogP contribution in [0.5, 0.6) is 0 Å². The Morgan fingerprint density at radius 3 is 2.94 bits per heavy atom. The third-order valence-electron chi connectivity index (χ3n) is 2.90. The molecule has 0 saturated heterocycles. The first kappa shape index (κ1) is 13.9. The van der Waals surface area contributed by atoms with Crippen molar-refractivity contribution >= 4 is 29.2 Å². The molecule has 4 nitrogen and oxygen atoms in total. The van der Waals surface area contributed by atoms with Crippen LogP contribution in [0.1, 0.15) is 31.0 Å². The molecule has 1 unspecified atom stereocenters. The molecule has 1 fully saturated rings. The Bertz CT molecular complexity index is 401. The second kappa shape index (κ2) is 6.59. The standard InChI is InChI=1S/C12H18ClN3OS/c1-18-5-4-9(7-17)14-11-6-10(13)15-12(16-11)8-2-3-8/h6,8-9,17H,2-5,7H2,1H3,(H,14,15,16). The Morgan fingerprint density at radius 2 is 2.33 bits per heavy atom. The summed E-state index contributed by atoms with van der Waals surface area (Å²) in [6, 6.07) is 1.74. The summed E-state index contributed by atoms with van der Waals surface area (Å²) in [5.41, 5.74) is 0. The van der Waals surface area contributed by atoms with Crippen molar-refractivity contribution in [3.05, 3.63) is 17.0 Å². The molecule has 1 aliphatic rings. The minimum absolute atomic E-state index is 0.0236. The number of anilines is 1. The smallest absolute Gasteiger partial charge is 0.135 e.